The van der Waals surface area contributed by atoms with Gasteiger partial charge in [-0.2, -0.15) is 0 Å². The summed E-state index contributed by atoms with van der Waals surface area (Å²) in [6.45, 7) is 5.95. The Morgan fingerprint density at radius 1 is 0.464 bits per heavy atom. The quantitative estimate of drug-likeness (QED) is 0.0228. The first-order valence-corrected chi connectivity index (χ1v) is 28.7. The average Bonchev–Trinajstić information content (AvgIpc) is 3.33. The van der Waals surface area contributed by atoms with E-state index in [0.717, 1.165) is 83.5 Å². The van der Waals surface area contributed by atoms with Crippen LogP contribution in [0.1, 0.15) is 278 Å². The highest BCUT2D eigenvalue weighted by Gasteiger charge is 2.50. The number of allylic oxidation sites excluding steroid dienone is 2. The SMILES string of the molecule is CCCC/C=C\CCCCCCCC(=O)OC(COC(=O)CCCCCCCCCCCCCCCCCCC)COC1OC(C(=O)O)C(O)C(O)C1OC(=O)CCCCCCCCCCCCC. The fourth-order valence-electron chi connectivity index (χ4n) is 8.88. The van der Waals surface area contributed by atoms with E-state index in [1.807, 2.05) is 0 Å². The molecule has 69 heavy (non-hydrogen) atoms. The molecule has 0 aromatic heterocycles. The number of aliphatic hydroxyl groups is 2. The van der Waals surface area contributed by atoms with Crippen molar-refractivity contribution in [3.05, 3.63) is 12.2 Å². The molecule has 1 aliphatic heterocycles. The monoisotopic (exact) mass is 981 g/mol. The van der Waals surface area contributed by atoms with Crippen LogP contribution < -0.4 is 0 Å². The zero-order valence-corrected chi connectivity index (χ0v) is 44.3. The van der Waals surface area contributed by atoms with Crippen molar-refractivity contribution in [2.24, 2.45) is 0 Å². The largest absolute Gasteiger partial charge is 0.479 e. The van der Waals surface area contributed by atoms with Gasteiger partial charge >= 0.3 is 23.9 Å². The molecule has 12 nitrogen and oxygen atoms in total. The van der Waals surface area contributed by atoms with Gasteiger partial charge in [0.1, 0.15) is 18.8 Å². The summed E-state index contributed by atoms with van der Waals surface area (Å²) in [7, 11) is 0. The molecule has 6 unspecified atom stereocenters. The molecule has 0 aromatic carbocycles. The van der Waals surface area contributed by atoms with E-state index < -0.39 is 67.3 Å². The van der Waals surface area contributed by atoms with Crippen LogP contribution in [0.3, 0.4) is 0 Å². The first-order valence-electron chi connectivity index (χ1n) is 28.7. The number of ether oxygens (including phenoxy) is 5. The normalized spacial score (nSPS) is 18.7. The fraction of sp³-hybridized carbons (Fsp3) is 0.895. The molecule has 0 radical (unpaired) electrons. The smallest absolute Gasteiger partial charge is 0.335 e. The summed E-state index contributed by atoms with van der Waals surface area (Å²) in [4.78, 5) is 50.9. The Morgan fingerprint density at radius 3 is 1.28 bits per heavy atom. The number of hydrogen-bond donors (Lipinski definition) is 3. The maximum absolute atomic E-state index is 13.1. The molecule has 1 rings (SSSR count). The van der Waals surface area contributed by atoms with Gasteiger partial charge in [-0.25, -0.2) is 4.79 Å². The van der Waals surface area contributed by atoms with Gasteiger partial charge < -0.3 is 39.0 Å². The van der Waals surface area contributed by atoms with Crippen LogP contribution in [0, 0.1) is 0 Å². The molecular weight excluding hydrogens is 877 g/mol. The second kappa shape index (κ2) is 46.5. The molecular formula is C57H104O12. The molecule has 0 spiro atoms. The van der Waals surface area contributed by atoms with Gasteiger partial charge in [-0.3, -0.25) is 14.4 Å². The van der Waals surface area contributed by atoms with Crippen LogP contribution in [-0.4, -0.2) is 89.2 Å². The fourth-order valence-corrected chi connectivity index (χ4v) is 8.88. The second-order valence-corrected chi connectivity index (χ2v) is 19.9. The van der Waals surface area contributed by atoms with Crippen molar-refractivity contribution in [1.82, 2.24) is 0 Å². The van der Waals surface area contributed by atoms with E-state index in [-0.39, 0.29) is 25.9 Å². The second-order valence-electron chi connectivity index (χ2n) is 19.9. The molecule has 1 saturated heterocycles. The lowest BCUT2D eigenvalue weighted by atomic mass is 9.98. The van der Waals surface area contributed by atoms with Crippen molar-refractivity contribution in [2.75, 3.05) is 13.2 Å². The predicted octanol–water partition coefficient (Wildman–Crippen LogP) is 14.1. The minimum absolute atomic E-state index is 0.0666. The van der Waals surface area contributed by atoms with Crippen molar-refractivity contribution in [3.8, 4) is 0 Å². The highest BCUT2D eigenvalue weighted by Crippen LogP contribution is 2.26. The van der Waals surface area contributed by atoms with Gasteiger partial charge in [0, 0.05) is 19.3 Å². The third kappa shape index (κ3) is 37.0. The minimum atomic E-state index is -1.90. The third-order valence-electron chi connectivity index (χ3n) is 13.3. The van der Waals surface area contributed by atoms with Gasteiger partial charge in [0.25, 0.3) is 0 Å². The lowest BCUT2D eigenvalue weighted by molar-refractivity contribution is -0.301. The number of aliphatic hydroxyl groups excluding tert-OH is 2. The van der Waals surface area contributed by atoms with Crippen LogP contribution >= 0.6 is 0 Å². The summed E-state index contributed by atoms with van der Waals surface area (Å²) in [5.41, 5.74) is 0. The first-order chi connectivity index (χ1) is 33.6. The Hall–Kier alpha value is -2.54. The topological polar surface area (TPSA) is 175 Å². The van der Waals surface area contributed by atoms with Crippen LogP contribution in [0.5, 0.6) is 0 Å². The van der Waals surface area contributed by atoms with Crippen molar-refractivity contribution in [3.63, 3.8) is 0 Å². The van der Waals surface area contributed by atoms with Crippen molar-refractivity contribution in [1.29, 1.82) is 0 Å². The highest BCUT2D eigenvalue weighted by molar-refractivity contribution is 5.74. The Balaban J connectivity index is 2.66. The molecule has 404 valence electrons. The van der Waals surface area contributed by atoms with Gasteiger partial charge in [0.2, 0.25) is 0 Å². The number of rotatable bonds is 49. The molecule has 0 aromatic rings. The van der Waals surface area contributed by atoms with Gasteiger partial charge in [0.15, 0.2) is 24.6 Å². The van der Waals surface area contributed by atoms with Gasteiger partial charge in [-0.15, -0.1) is 0 Å². The number of esters is 3. The molecule has 6 atom stereocenters. The van der Waals surface area contributed by atoms with E-state index in [4.69, 9.17) is 23.7 Å². The number of carboxylic acid groups (broad SMARTS) is 1. The number of unbranched alkanes of at least 4 members (excludes halogenated alkanes) is 33. The van der Waals surface area contributed by atoms with Crippen LogP contribution in [-0.2, 0) is 42.9 Å². The molecule has 0 amide bonds. The van der Waals surface area contributed by atoms with E-state index in [1.54, 1.807) is 0 Å². The molecule has 1 aliphatic rings. The van der Waals surface area contributed by atoms with E-state index >= 15 is 0 Å². The first kappa shape index (κ1) is 64.5. The lowest BCUT2D eigenvalue weighted by Gasteiger charge is -2.40. The minimum Gasteiger partial charge on any atom is -0.479 e. The standard InChI is InChI=1S/C57H104O12/c1-4-7-10-13-16-19-22-23-24-25-26-27-30-31-34-37-40-43-49(58)65-46-48(67-50(59)44-41-38-35-32-28-20-17-14-11-8-5-2)47-66-57-55(53(62)52(61)54(69-57)56(63)64)68-51(60)45-42-39-36-33-29-21-18-15-12-9-6-3/h14,17,48,52-55,57,61-62H,4-13,15-16,18-47H2,1-3H3,(H,63,64)/b17-14-. The van der Waals surface area contributed by atoms with Gasteiger partial charge in [0.05, 0.1) is 6.61 Å². The molecule has 0 saturated carbocycles. The molecule has 0 bridgehead atoms. The Bertz CT molecular complexity index is 1260. The van der Waals surface area contributed by atoms with Gasteiger partial charge in [-0.05, 0) is 38.5 Å². The number of hydrogen-bond acceptors (Lipinski definition) is 11. The summed E-state index contributed by atoms with van der Waals surface area (Å²) < 4.78 is 28.4. The number of carboxylic acids is 1. The highest BCUT2D eigenvalue weighted by atomic mass is 16.7. The third-order valence-corrected chi connectivity index (χ3v) is 13.3. The summed E-state index contributed by atoms with van der Waals surface area (Å²) in [6.07, 6.45) is 37.7. The zero-order chi connectivity index (χ0) is 50.4. The maximum Gasteiger partial charge on any atom is 0.335 e. The van der Waals surface area contributed by atoms with Crippen LogP contribution in [0.15, 0.2) is 12.2 Å². The Kier molecular flexibility index (Phi) is 43.5. The van der Waals surface area contributed by atoms with Crippen molar-refractivity contribution >= 4 is 23.9 Å². The van der Waals surface area contributed by atoms with Crippen molar-refractivity contribution < 1.29 is 58.2 Å². The Morgan fingerprint density at radius 2 is 0.841 bits per heavy atom. The number of carbonyl (C=O) groups excluding carboxylic acids is 3. The Labute approximate surface area is 420 Å². The van der Waals surface area contributed by atoms with Gasteiger partial charge in [-0.1, -0.05) is 232 Å². The van der Waals surface area contributed by atoms with E-state index in [2.05, 4.69) is 32.9 Å². The molecule has 12 heteroatoms. The number of carbonyl (C=O) groups is 4. The average molecular weight is 981 g/mol. The summed E-state index contributed by atoms with van der Waals surface area (Å²) in [6, 6.07) is 0. The van der Waals surface area contributed by atoms with Crippen LogP contribution in [0.25, 0.3) is 0 Å². The molecule has 3 N–H and O–H groups in total. The molecule has 0 aliphatic carbocycles. The molecule has 1 heterocycles. The lowest BCUT2D eigenvalue weighted by Crippen LogP contribution is -2.61. The predicted molar refractivity (Wildman–Crippen MR) is 276 cm³/mol. The summed E-state index contributed by atoms with van der Waals surface area (Å²) in [5, 5.41) is 31.4. The van der Waals surface area contributed by atoms with E-state index in [0.29, 0.717) is 19.3 Å². The van der Waals surface area contributed by atoms with E-state index in [1.165, 1.54) is 135 Å². The van der Waals surface area contributed by atoms with Crippen LogP contribution in [0.4, 0.5) is 0 Å². The number of aliphatic carboxylic acids is 1. The maximum atomic E-state index is 13.1. The summed E-state index contributed by atoms with van der Waals surface area (Å²) in [5.74, 6) is -3.10. The van der Waals surface area contributed by atoms with Crippen molar-refractivity contribution in [2.45, 2.75) is 314 Å². The summed E-state index contributed by atoms with van der Waals surface area (Å²) >= 11 is 0. The van der Waals surface area contributed by atoms with E-state index in [9.17, 15) is 34.5 Å². The zero-order valence-electron chi connectivity index (χ0n) is 44.3. The van der Waals surface area contributed by atoms with Crippen LogP contribution in [0.2, 0.25) is 0 Å². The molecule has 1 fully saturated rings.